The molecule has 2 aromatic rings. The molecule has 1 aromatic carbocycles. The van der Waals surface area contributed by atoms with Crippen LogP contribution in [0.5, 0.6) is 0 Å². The average molecular weight is 345 g/mol. The van der Waals surface area contributed by atoms with Gasteiger partial charge in [0.25, 0.3) is 5.91 Å². The molecule has 0 radical (unpaired) electrons. The molecule has 2 N–H and O–H groups in total. The molecule has 2 amide bonds. The highest BCUT2D eigenvalue weighted by atomic mass is 16.5. The Bertz CT molecular complexity index is 737. The molecular weight excluding hydrogens is 322 g/mol. The van der Waals surface area contributed by atoms with Gasteiger partial charge in [-0.2, -0.15) is 5.10 Å². The summed E-state index contributed by atoms with van der Waals surface area (Å²) in [6, 6.07) is 5.61. The van der Waals surface area contributed by atoms with Crippen LogP contribution in [0.4, 0.5) is 0 Å². The van der Waals surface area contributed by atoms with Crippen molar-refractivity contribution < 1.29 is 14.3 Å². The van der Waals surface area contributed by atoms with E-state index in [1.807, 2.05) is 23.1 Å². The molecule has 0 spiro atoms. The number of piperazine rings is 1. The van der Waals surface area contributed by atoms with E-state index in [0.29, 0.717) is 51.4 Å². The predicted molar refractivity (Wildman–Crippen MR) is 93.3 cm³/mol. The number of fused-ring (bicyclic) bond motifs is 1. The number of carbonyl (C=O) groups is 2. The van der Waals surface area contributed by atoms with Crippen LogP contribution >= 0.6 is 0 Å². The summed E-state index contributed by atoms with van der Waals surface area (Å²) in [5.41, 5.74) is 1.41. The minimum absolute atomic E-state index is 0.000883. The van der Waals surface area contributed by atoms with Gasteiger partial charge >= 0.3 is 0 Å². The summed E-state index contributed by atoms with van der Waals surface area (Å²) < 4.78 is 4.91. The summed E-state index contributed by atoms with van der Waals surface area (Å²) in [4.78, 5) is 28.5. The number of rotatable bonds is 6. The van der Waals surface area contributed by atoms with E-state index in [-0.39, 0.29) is 11.8 Å². The summed E-state index contributed by atoms with van der Waals surface area (Å²) >= 11 is 0. The van der Waals surface area contributed by atoms with E-state index < -0.39 is 0 Å². The zero-order chi connectivity index (χ0) is 17.6. The number of hydrogen-bond donors (Lipinski definition) is 2. The maximum Gasteiger partial charge on any atom is 0.256 e. The van der Waals surface area contributed by atoms with Crippen LogP contribution in [0.2, 0.25) is 0 Å². The molecule has 0 aliphatic carbocycles. The molecule has 8 nitrogen and oxygen atoms in total. The lowest BCUT2D eigenvalue weighted by Gasteiger charge is -2.34. The van der Waals surface area contributed by atoms with Crippen molar-refractivity contribution in [2.75, 3.05) is 53.0 Å². The van der Waals surface area contributed by atoms with Crippen molar-refractivity contribution in [3.8, 4) is 0 Å². The Morgan fingerprint density at radius 1 is 1.28 bits per heavy atom. The van der Waals surface area contributed by atoms with Gasteiger partial charge in [0.15, 0.2) is 0 Å². The highest BCUT2D eigenvalue weighted by molar-refractivity contribution is 6.05. The van der Waals surface area contributed by atoms with Gasteiger partial charge in [0.2, 0.25) is 5.91 Å². The zero-order valence-corrected chi connectivity index (χ0v) is 14.3. The first kappa shape index (κ1) is 17.4. The second-order valence-electron chi connectivity index (χ2n) is 6.05. The Hall–Kier alpha value is -2.45. The fraction of sp³-hybridized carbons (Fsp3) is 0.471. The van der Waals surface area contributed by atoms with Gasteiger partial charge < -0.3 is 15.0 Å². The van der Waals surface area contributed by atoms with Crippen molar-refractivity contribution >= 4 is 22.7 Å². The van der Waals surface area contributed by atoms with Gasteiger partial charge in [0, 0.05) is 45.2 Å². The Morgan fingerprint density at radius 2 is 2.08 bits per heavy atom. The molecule has 1 aliphatic rings. The van der Waals surface area contributed by atoms with Gasteiger partial charge in [-0.15, -0.1) is 0 Å². The normalized spacial score (nSPS) is 15.5. The number of carbonyl (C=O) groups excluding carboxylic acids is 2. The summed E-state index contributed by atoms with van der Waals surface area (Å²) in [5.74, 6) is -0.0156. The summed E-state index contributed by atoms with van der Waals surface area (Å²) in [6.45, 7) is 3.95. The number of aromatic amines is 1. The number of hydrogen-bond acceptors (Lipinski definition) is 5. The SMILES string of the molecule is COCCNC(=O)CN1CCN(C(=O)c2cccc3cn[nH]c23)CC1. The lowest BCUT2D eigenvalue weighted by atomic mass is 10.1. The van der Waals surface area contributed by atoms with E-state index >= 15 is 0 Å². The number of nitrogens with zero attached hydrogens (tertiary/aromatic N) is 3. The van der Waals surface area contributed by atoms with Crippen LogP contribution in [0.15, 0.2) is 24.4 Å². The Morgan fingerprint density at radius 3 is 2.84 bits per heavy atom. The van der Waals surface area contributed by atoms with Gasteiger partial charge in [-0.25, -0.2) is 0 Å². The fourth-order valence-electron chi connectivity index (χ4n) is 2.98. The number of aromatic nitrogens is 2. The van der Waals surface area contributed by atoms with E-state index in [9.17, 15) is 9.59 Å². The standard InChI is InChI=1S/C17H23N5O3/c1-25-10-5-18-15(23)12-21-6-8-22(9-7-21)17(24)14-4-2-3-13-11-19-20-16(13)14/h2-4,11H,5-10,12H2,1H3,(H,18,23)(H,19,20). The molecule has 25 heavy (non-hydrogen) atoms. The molecule has 8 heteroatoms. The molecule has 0 bridgehead atoms. The van der Waals surface area contributed by atoms with Crippen molar-refractivity contribution in [3.63, 3.8) is 0 Å². The summed E-state index contributed by atoms with van der Waals surface area (Å²) in [6.07, 6.45) is 1.71. The maximum atomic E-state index is 12.8. The Kier molecular flexibility index (Phi) is 5.62. The number of benzene rings is 1. The lowest BCUT2D eigenvalue weighted by Crippen LogP contribution is -2.51. The third-order valence-corrected chi connectivity index (χ3v) is 4.36. The average Bonchev–Trinajstić information content (AvgIpc) is 3.11. The van der Waals surface area contributed by atoms with Crippen molar-refractivity contribution in [1.82, 2.24) is 25.3 Å². The molecular formula is C17H23N5O3. The first-order valence-electron chi connectivity index (χ1n) is 8.38. The Balaban J connectivity index is 1.53. The Labute approximate surface area is 146 Å². The first-order chi connectivity index (χ1) is 12.2. The number of para-hydroxylation sites is 1. The van der Waals surface area contributed by atoms with E-state index in [1.54, 1.807) is 13.3 Å². The third-order valence-electron chi connectivity index (χ3n) is 4.36. The highest BCUT2D eigenvalue weighted by Crippen LogP contribution is 2.18. The second-order valence-corrected chi connectivity index (χ2v) is 6.05. The van der Waals surface area contributed by atoms with Crippen LogP contribution < -0.4 is 5.32 Å². The molecule has 3 rings (SSSR count). The highest BCUT2D eigenvalue weighted by Gasteiger charge is 2.24. The number of ether oxygens (including phenoxy) is 1. The van der Waals surface area contributed by atoms with Crippen LogP contribution in [0, 0.1) is 0 Å². The molecule has 134 valence electrons. The van der Waals surface area contributed by atoms with Crippen molar-refractivity contribution in [2.24, 2.45) is 0 Å². The number of methoxy groups -OCH3 is 1. The third kappa shape index (κ3) is 4.15. The zero-order valence-electron chi connectivity index (χ0n) is 14.3. The van der Waals surface area contributed by atoms with Crippen LogP contribution in [0.1, 0.15) is 10.4 Å². The molecule has 1 fully saturated rings. The van der Waals surface area contributed by atoms with Gasteiger partial charge in [-0.3, -0.25) is 19.6 Å². The van der Waals surface area contributed by atoms with Gasteiger partial charge in [0.1, 0.15) is 0 Å². The van der Waals surface area contributed by atoms with Crippen molar-refractivity contribution in [2.45, 2.75) is 0 Å². The van der Waals surface area contributed by atoms with Crippen molar-refractivity contribution in [1.29, 1.82) is 0 Å². The fourth-order valence-corrected chi connectivity index (χ4v) is 2.98. The molecule has 1 aliphatic heterocycles. The largest absolute Gasteiger partial charge is 0.383 e. The molecule has 1 saturated heterocycles. The van der Waals surface area contributed by atoms with E-state index in [4.69, 9.17) is 4.74 Å². The second kappa shape index (κ2) is 8.09. The number of H-pyrrole nitrogens is 1. The van der Waals surface area contributed by atoms with Crippen LogP contribution in [0.3, 0.4) is 0 Å². The van der Waals surface area contributed by atoms with E-state index in [2.05, 4.69) is 20.4 Å². The molecule has 1 aromatic heterocycles. The van der Waals surface area contributed by atoms with Crippen LogP contribution in [0.25, 0.3) is 10.9 Å². The predicted octanol–water partition coefficient (Wildman–Crippen LogP) is 0.0833. The topological polar surface area (TPSA) is 90.6 Å². The lowest BCUT2D eigenvalue weighted by molar-refractivity contribution is -0.122. The van der Waals surface area contributed by atoms with Gasteiger partial charge in [0.05, 0.1) is 30.4 Å². The molecule has 0 unspecified atom stereocenters. The maximum absolute atomic E-state index is 12.8. The number of amides is 2. The monoisotopic (exact) mass is 345 g/mol. The van der Waals surface area contributed by atoms with Crippen LogP contribution in [-0.2, 0) is 9.53 Å². The minimum Gasteiger partial charge on any atom is -0.383 e. The smallest absolute Gasteiger partial charge is 0.256 e. The van der Waals surface area contributed by atoms with Gasteiger partial charge in [-0.1, -0.05) is 12.1 Å². The van der Waals surface area contributed by atoms with Gasteiger partial charge in [-0.05, 0) is 6.07 Å². The first-order valence-corrected chi connectivity index (χ1v) is 8.38. The molecule has 0 saturated carbocycles. The van der Waals surface area contributed by atoms with E-state index in [1.165, 1.54) is 0 Å². The minimum atomic E-state index is -0.0148. The molecule has 2 heterocycles. The number of nitrogens with one attached hydrogen (secondary N) is 2. The summed E-state index contributed by atoms with van der Waals surface area (Å²) in [7, 11) is 1.60. The quantitative estimate of drug-likeness (QED) is 0.724. The van der Waals surface area contributed by atoms with Crippen molar-refractivity contribution in [3.05, 3.63) is 30.0 Å². The summed E-state index contributed by atoms with van der Waals surface area (Å²) in [5, 5.41) is 10.6. The van der Waals surface area contributed by atoms with E-state index in [0.717, 1.165) is 10.9 Å². The molecule has 0 atom stereocenters. The van der Waals surface area contributed by atoms with Crippen LogP contribution in [-0.4, -0.2) is 84.8 Å².